The highest BCUT2D eigenvalue weighted by molar-refractivity contribution is 6.15. The normalized spacial score (nSPS) is 16.4. The van der Waals surface area contributed by atoms with Gasteiger partial charge in [-0.05, 0) is 50.2 Å². The van der Waals surface area contributed by atoms with E-state index in [9.17, 15) is 0 Å². The summed E-state index contributed by atoms with van der Waals surface area (Å²) in [6.45, 7) is 4.17. The predicted molar refractivity (Wildman–Crippen MR) is 103 cm³/mol. The smallest absolute Gasteiger partial charge is 0.239 e. The average molecular weight is 326 g/mol. The first-order valence-electron chi connectivity index (χ1n) is 8.44. The lowest BCUT2D eigenvalue weighted by Gasteiger charge is -1.98. The third kappa shape index (κ3) is 3.28. The van der Waals surface area contributed by atoms with Crippen LogP contribution in [0.15, 0.2) is 82.8 Å². The van der Waals surface area contributed by atoms with E-state index < -0.39 is 0 Å². The summed E-state index contributed by atoms with van der Waals surface area (Å²) in [6, 6.07) is 24.8. The second-order valence-electron chi connectivity index (χ2n) is 6.36. The summed E-state index contributed by atoms with van der Waals surface area (Å²) in [4.78, 5) is 9.65. The van der Waals surface area contributed by atoms with Gasteiger partial charge >= 0.3 is 0 Å². The molecule has 0 aromatic heterocycles. The Balaban J connectivity index is 1.75. The number of aryl methyl sites for hydroxylation is 2. The summed E-state index contributed by atoms with van der Waals surface area (Å²) in [6.07, 6.45) is 0. The van der Waals surface area contributed by atoms with E-state index in [1.54, 1.807) is 0 Å². The van der Waals surface area contributed by atoms with Crippen molar-refractivity contribution in [1.82, 2.24) is 0 Å². The minimum absolute atomic E-state index is 0.961. The van der Waals surface area contributed by atoms with Crippen molar-refractivity contribution >= 4 is 23.0 Å². The molecule has 0 atom stereocenters. The Morgan fingerprint density at radius 3 is 1.36 bits per heavy atom. The summed E-state index contributed by atoms with van der Waals surface area (Å²) < 4.78 is 0. The third-order valence-electron chi connectivity index (χ3n) is 4.32. The quantitative estimate of drug-likeness (QED) is 0.738. The van der Waals surface area contributed by atoms with Gasteiger partial charge in [0.2, 0.25) is 11.7 Å². The van der Waals surface area contributed by atoms with Gasteiger partial charge in [-0.1, -0.05) is 47.5 Å². The molecule has 3 nitrogen and oxygen atoms in total. The molecule has 0 radical (unpaired) electrons. The van der Waals surface area contributed by atoms with Gasteiger partial charge in [-0.25, -0.2) is 5.32 Å². The number of nitrogens with zero attached hydrogens (tertiary/aromatic N) is 2. The van der Waals surface area contributed by atoms with E-state index in [0.717, 1.165) is 34.2 Å². The molecule has 3 aromatic carbocycles. The maximum absolute atomic E-state index is 4.83. The Bertz CT molecular complexity index is 884. The van der Waals surface area contributed by atoms with Crippen molar-refractivity contribution in [1.29, 1.82) is 0 Å². The Labute approximate surface area is 147 Å². The van der Waals surface area contributed by atoms with E-state index in [1.165, 1.54) is 11.1 Å². The second-order valence-corrected chi connectivity index (χ2v) is 6.36. The predicted octanol–water partition coefficient (Wildman–Crippen LogP) is 4.04. The SMILES string of the molecule is Cc1ccc(N=C2[NH2+]C(=Nc3ccc(C)cc3)c3ccccc32)cc1. The minimum atomic E-state index is 0.961. The van der Waals surface area contributed by atoms with Crippen molar-refractivity contribution in [3.63, 3.8) is 0 Å². The number of hydrogen-bond acceptors (Lipinski definition) is 2. The Morgan fingerprint density at radius 2 is 0.960 bits per heavy atom. The van der Waals surface area contributed by atoms with Crippen LogP contribution < -0.4 is 5.32 Å². The molecule has 2 N–H and O–H groups in total. The summed E-state index contributed by atoms with van der Waals surface area (Å²) in [5.41, 5.74) is 6.66. The van der Waals surface area contributed by atoms with Gasteiger partial charge in [-0.3, -0.25) is 0 Å². The highest BCUT2D eigenvalue weighted by atomic mass is 15.1. The average Bonchev–Trinajstić information content (AvgIpc) is 2.97. The first-order valence-corrected chi connectivity index (χ1v) is 8.44. The summed E-state index contributed by atoms with van der Waals surface area (Å²) in [7, 11) is 0. The molecule has 1 heterocycles. The van der Waals surface area contributed by atoms with Gasteiger partial charge in [0, 0.05) is 0 Å². The van der Waals surface area contributed by atoms with E-state index >= 15 is 0 Å². The molecule has 1 aliphatic rings. The number of quaternary nitrogens is 1. The molecular formula is C22H20N3+. The van der Waals surface area contributed by atoms with Crippen molar-refractivity contribution in [2.24, 2.45) is 9.98 Å². The molecule has 4 rings (SSSR count). The zero-order valence-electron chi connectivity index (χ0n) is 14.4. The zero-order chi connectivity index (χ0) is 17.2. The fraction of sp³-hybridized carbons (Fsp3) is 0.0909. The van der Waals surface area contributed by atoms with Crippen LogP contribution in [0.4, 0.5) is 11.4 Å². The van der Waals surface area contributed by atoms with Gasteiger partial charge in [-0.2, -0.15) is 9.98 Å². The van der Waals surface area contributed by atoms with Crippen LogP contribution in [-0.4, -0.2) is 11.7 Å². The van der Waals surface area contributed by atoms with Crippen molar-refractivity contribution in [2.45, 2.75) is 13.8 Å². The number of nitrogens with two attached hydrogens (primary N) is 1. The lowest BCUT2D eigenvalue weighted by Crippen LogP contribution is -2.88. The van der Waals surface area contributed by atoms with E-state index in [-0.39, 0.29) is 0 Å². The van der Waals surface area contributed by atoms with Crippen LogP contribution in [0.3, 0.4) is 0 Å². The van der Waals surface area contributed by atoms with Crippen LogP contribution in [0.2, 0.25) is 0 Å². The van der Waals surface area contributed by atoms with Gasteiger partial charge in [0.1, 0.15) is 0 Å². The Hall–Kier alpha value is -3.04. The Kier molecular flexibility index (Phi) is 4.00. The topological polar surface area (TPSA) is 41.3 Å². The molecular weight excluding hydrogens is 306 g/mol. The third-order valence-corrected chi connectivity index (χ3v) is 4.32. The number of hydrogen-bond donors (Lipinski definition) is 1. The second kappa shape index (κ2) is 6.46. The minimum Gasteiger partial charge on any atom is -0.248 e. The van der Waals surface area contributed by atoms with Gasteiger partial charge in [0.25, 0.3) is 0 Å². The van der Waals surface area contributed by atoms with Crippen LogP contribution in [0.25, 0.3) is 0 Å². The van der Waals surface area contributed by atoms with Crippen LogP contribution in [0, 0.1) is 13.8 Å². The van der Waals surface area contributed by atoms with Crippen LogP contribution >= 0.6 is 0 Å². The standard InChI is InChI=1S/C22H19N3/c1-15-7-11-17(12-8-15)23-21-19-5-3-4-6-20(19)22(25-21)24-18-13-9-16(2)10-14-18/h3-14H,1-2H3,(H,23,24,25)/p+1. The molecule has 122 valence electrons. The highest BCUT2D eigenvalue weighted by Gasteiger charge is 2.28. The molecule has 0 bridgehead atoms. The number of aliphatic imine (C=N–C) groups is 2. The first-order chi connectivity index (χ1) is 12.2. The monoisotopic (exact) mass is 326 g/mol. The molecule has 0 saturated heterocycles. The maximum Gasteiger partial charge on any atom is 0.239 e. The molecule has 0 spiro atoms. The fourth-order valence-electron chi connectivity index (χ4n) is 2.92. The molecule has 0 amide bonds. The summed E-state index contributed by atoms with van der Waals surface area (Å²) in [5, 5.41) is 2.07. The molecule has 0 saturated carbocycles. The van der Waals surface area contributed by atoms with E-state index in [0.29, 0.717) is 0 Å². The van der Waals surface area contributed by atoms with Crippen LogP contribution in [-0.2, 0) is 0 Å². The van der Waals surface area contributed by atoms with Crippen molar-refractivity contribution in [3.05, 3.63) is 95.1 Å². The Morgan fingerprint density at radius 1 is 0.560 bits per heavy atom. The van der Waals surface area contributed by atoms with Crippen molar-refractivity contribution in [3.8, 4) is 0 Å². The maximum atomic E-state index is 4.83. The molecule has 3 aromatic rings. The number of amidine groups is 2. The molecule has 1 aliphatic heterocycles. The number of benzene rings is 3. The molecule has 0 aliphatic carbocycles. The van der Waals surface area contributed by atoms with Crippen LogP contribution in [0.5, 0.6) is 0 Å². The van der Waals surface area contributed by atoms with Crippen molar-refractivity contribution < 1.29 is 5.32 Å². The van der Waals surface area contributed by atoms with E-state index in [1.807, 2.05) is 36.4 Å². The first kappa shape index (κ1) is 15.5. The molecule has 0 fully saturated rings. The highest BCUT2D eigenvalue weighted by Crippen LogP contribution is 2.20. The molecule has 0 unspecified atom stereocenters. The van der Waals surface area contributed by atoms with Gasteiger partial charge in [0.05, 0.1) is 22.5 Å². The van der Waals surface area contributed by atoms with Gasteiger partial charge in [-0.15, -0.1) is 0 Å². The zero-order valence-corrected chi connectivity index (χ0v) is 14.4. The van der Waals surface area contributed by atoms with Gasteiger partial charge < -0.3 is 0 Å². The lowest BCUT2D eigenvalue weighted by molar-refractivity contribution is -0.400. The van der Waals surface area contributed by atoms with E-state index in [2.05, 4.69) is 55.6 Å². The van der Waals surface area contributed by atoms with Gasteiger partial charge in [0.15, 0.2) is 0 Å². The fourth-order valence-corrected chi connectivity index (χ4v) is 2.92. The molecule has 3 heteroatoms. The van der Waals surface area contributed by atoms with E-state index in [4.69, 9.17) is 9.98 Å². The lowest BCUT2D eigenvalue weighted by atomic mass is 10.1. The summed E-state index contributed by atoms with van der Waals surface area (Å²) >= 11 is 0. The largest absolute Gasteiger partial charge is 0.248 e. The molecule has 25 heavy (non-hydrogen) atoms. The number of fused-ring (bicyclic) bond motifs is 1. The van der Waals surface area contributed by atoms with Crippen molar-refractivity contribution in [2.75, 3.05) is 0 Å². The van der Waals surface area contributed by atoms with Crippen LogP contribution in [0.1, 0.15) is 22.3 Å². The number of rotatable bonds is 2. The summed E-state index contributed by atoms with van der Waals surface area (Å²) in [5.74, 6) is 1.93.